The summed E-state index contributed by atoms with van der Waals surface area (Å²) in [5.74, 6) is 1.80. The van der Waals surface area contributed by atoms with Crippen LogP contribution in [0.5, 0.6) is 11.5 Å². The molecule has 12 heteroatoms. The van der Waals surface area contributed by atoms with E-state index in [1.165, 1.54) is 11.1 Å². The van der Waals surface area contributed by atoms with Gasteiger partial charge in [-0.2, -0.15) is 0 Å². The Morgan fingerprint density at radius 1 is 0.561 bits per heavy atom. The fourth-order valence-corrected chi connectivity index (χ4v) is 10.6. The van der Waals surface area contributed by atoms with Crippen LogP contribution in [-0.2, 0) is 9.59 Å². The molecule has 340 valence electrons. The Balaban J connectivity index is 0.000000166. The molecule has 0 radical (unpaired) electrons. The maximum absolute atomic E-state index is 13.6. The van der Waals surface area contributed by atoms with Crippen molar-refractivity contribution in [1.82, 2.24) is 28.9 Å². The van der Waals surface area contributed by atoms with Gasteiger partial charge < -0.3 is 28.4 Å². The lowest BCUT2D eigenvalue weighted by Crippen LogP contribution is -2.49. The van der Waals surface area contributed by atoms with Crippen LogP contribution in [0.2, 0.25) is 10.0 Å². The molecule has 4 aromatic carbocycles. The zero-order valence-electron chi connectivity index (χ0n) is 38.0. The largest absolute Gasteiger partial charge is 0.495 e. The van der Waals surface area contributed by atoms with Gasteiger partial charge >= 0.3 is 0 Å². The summed E-state index contributed by atoms with van der Waals surface area (Å²) in [5, 5.41) is 1.44. The Morgan fingerprint density at radius 3 is 1.33 bits per heavy atom. The van der Waals surface area contributed by atoms with Crippen molar-refractivity contribution in [3.63, 3.8) is 0 Å². The Kier molecular flexibility index (Phi) is 13.5. The van der Waals surface area contributed by atoms with Crippen LogP contribution >= 0.6 is 23.2 Å². The highest BCUT2D eigenvalue weighted by molar-refractivity contribution is 6.30. The minimum Gasteiger partial charge on any atom is -0.495 e. The number of hydrogen-bond donors (Lipinski definition) is 0. The highest BCUT2D eigenvalue weighted by Gasteiger charge is 2.40. The number of carbonyl (C=O) groups excluding carboxylic acids is 2. The molecule has 4 aliphatic rings. The molecule has 0 aliphatic carbocycles. The van der Waals surface area contributed by atoms with Crippen LogP contribution in [0.25, 0.3) is 23.5 Å². The quantitative estimate of drug-likeness (QED) is 0.141. The lowest BCUT2D eigenvalue weighted by atomic mass is 9.84. The summed E-state index contributed by atoms with van der Waals surface area (Å²) in [7, 11) is 3.33. The average Bonchev–Trinajstić information content (AvgIpc) is 3.98. The van der Waals surface area contributed by atoms with Crippen LogP contribution < -0.4 is 9.47 Å². The van der Waals surface area contributed by atoms with Gasteiger partial charge in [0.25, 0.3) is 11.8 Å². The lowest BCUT2D eigenvalue weighted by Gasteiger charge is -2.46. The van der Waals surface area contributed by atoms with Gasteiger partial charge in [-0.25, -0.2) is 9.97 Å². The van der Waals surface area contributed by atoms with Crippen LogP contribution in [0.3, 0.4) is 0 Å². The number of piperidine rings is 4. The predicted octanol–water partition coefficient (Wildman–Crippen LogP) is 12.3. The number of amides is 2. The van der Waals surface area contributed by atoms with E-state index < -0.39 is 0 Å². The van der Waals surface area contributed by atoms with Gasteiger partial charge in [0, 0.05) is 45.7 Å². The van der Waals surface area contributed by atoms with Crippen molar-refractivity contribution in [2.75, 3.05) is 14.2 Å². The number of methoxy groups -OCH3 is 2. The van der Waals surface area contributed by atoms with Crippen LogP contribution in [0.15, 0.2) is 121 Å². The molecular weight excluding hydrogens is 868 g/mol. The number of aromatic nitrogens is 4. The maximum atomic E-state index is 13.6. The molecule has 2 aromatic heterocycles. The zero-order chi connectivity index (χ0) is 45.9. The first-order valence-corrected chi connectivity index (χ1v) is 23.8. The van der Waals surface area contributed by atoms with Crippen LogP contribution in [0.4, 0.5) is 0 Å². The Hall–Kier alpha value is -6.10. The van der Waals surface area contributed by atoms with E-state index in [1.807, 2.05) is 108 Å². The molecule has 10 nitrogen and oxygen atoms in total. The minimum atomic E-state index is 0.110. The van der Waals surface area contributed by atoms with Crippen molar-refractivity contribution >= 4 is 47.2 Å². The lowest BCUT2D eigenvalue weighted by molar-refractivity contribution is -0.137. The van der Waals surface area contributed by atoms with Gasteiger partial charge in [0.05, 0.1) is 61.7 Å². The molecule has 0 unspecified atom stereocenters. The third kappa shape index (κ3) is 9.58. The monoisotopic (exact) mass is 922 g/mol. The van der Waals surface area contributed by atoms with E-state index in [9.17, 15) is 9.59 Å². The molecule has 6 aromatic rings. The second-order valence-corrected chi connectivity index (χ2v) is 18.7. The van der Waals surface area contributed by atoms with E-state index in [-0.39, 0.29) is 23.9 Å². The van der Waals surface area contributed by atoms with E-state index in [0.717, 1.165) is 131 Å². The molecule has 66 heavy (non-hydrogen) atoms. The van der Waals surface area contributed by atoms with E-state index in [4.69, 9.17) is 32.7 Å². The zero-order valence-corrected chi connectivity index (χ0v) is 39.5. The summed E-state index contributed by atoms with van der Waals surface area (Å²) in [4.78, 5) is 40.2. The number of rotatable bonds is 8. The van der Waals surface area contributed by atoms with Gasteiger partial charge in [0.1, 0.15) is 11.5 Å². The molecule has 4 saturated heterocycles. The molecule has 4 aliphatic heterocycles. The number of ether oxygens (including phenoxy) is 2. The maximum Gasteiger partial charge on any atom is 0.250 e. The number of carbonyl (C=O) groups is 2. The molecule has 0 bridgehead atoms. The van der Waals surface area contributed by atoms with Gasteiger partial charge in [-0.1, -0.05) is 59.6 Å². The van der Waals surface area contributed by atoms with Gasteiger partial charge in [0.2, 0.25) is 0 Å². The van der Waals surface area contributed by atoms with Crippen molar-refractivity contribution in [1.29, 1.82) is 0 Å². The van der Waals surface area contributed by atoms with Crippen molar-refractivity contribution < 1.29 is 19.1 Å². The highest BCUT2D eigenvalue weighted by atomic mass is 35.5. The molecule has 0 saturated carbocycles. The van der Waals surface area contributed by atoms with E-state index in [1.54, 1.807) is 26.9 Å². The fraction of sp³-hybridized carbons (Fsp3) is 0.333. The molecule has 4 atom stereocenters. The first kappa shape index (κ1) is 45.1. The number of fused-ring (bicyclic) bond motifs is 2. The third-order valence-electron chi connectivity index (χ3n) is 13.6. The first-order valence-electron chi connectivity index (χ1n) is 23.0. The summed E-state index contributed by atoms with van der Waals surface area (Å²) in [6.07, 6.45) is 21.6. The third-order valence-corrected chi connectivity index (χ3v) is 14.1. The van der Waals surface area contributed by atoms with Crippen molar-refractivity contribution in [3.8, 4) is 22.9 Å². The number of halogens is 2. The van der Waals surface area contributed by atoms with Crippen LogP contribution in [0.1, 0.15) is 110 Å². The van der Waals surface area contributed by atoms with Crippen molar-refractivity contribution in [2.24, 2.45) is 0 Å². The van der Waals surface area contributed by atoms with Gasteiger partial charge in [-0.15, -0.1) is 0 Å². The molecule has 4 fully saturated rings. The fourth-order valence-electron chi connectivity index (χ4n) is 10.3. The van der Waals surface area contributed by atoms with Gasteiger partial charge in [-0.3, -0.25) is 9.59 Å². The Labute approximate surface area is 397 Å². The van der Waals surface area contributed by atoms with Crippen LogP contribution in [-0.4, -0.2) is 67.0 Å². The highest BCUT2D eigenvalue weighted by Crippen LogP contribution is 2.43. The molecule has 6 heterocycles. The standard InChI is InChI=1S/2C27H28ClN3O2/c2*1-18-16-30(17-29-18)25-13-6-19(15-26(25)33-2)14-21-9-12-23-4-3-5-24(31(23)27(21)32)20-7-10-22(28)11-8-20/h2*6-8,10-11,13-17,23-24H,3-5,9,12H2,1-2H3/b2*21-14+/t2*23-,24-/m10/s1. The minimum absolute atomic E-state index is 0.110. The van der Waals surface area contributed by atoms with Gasteiger partial charge in [-0.05, 0) is 161 Å². The average molecular weight is 924 g/mol. The Morgan fingerprint density at radius 2 is 0.970 bits per heavy atom. The normalized spacial score (nSPS) is 21.8. The van der Waals surface area contributed by atoms with Crippen LogP contribution in [0, 0.1) is 13.8 Å². The summed E-state index contributed by atoms with van der Waals surface area (Å²) < 4.78 is 15.2. The first-order chi connectivity index (χ1) is 32.1. The topological polar surface area (TPSA) is 94.7 Å². The number of imidazole rings is 2. The predicted molar refractivity (Wildman–Crippen MR) is 261 cm³/mol. The van der Waals surface area contributed by atoms with Crippen molar-refractivity contribution in [3.05, 3.63) is 165 Å². The van der Waals surface area contributed by atoms with E-state index in [0.29, 0.717) is 12.1 Å². The number of nitrogens with zero attached hydrogens (tertiary/aromatic N) is 6. The summed E-state index contributed by atoms with van der Waals surface area (Å²) in [6.45, 7) is 3.92. The summed E-state index contributed by atoms with van der Waals surface area (Å²) >= 11 is 12.2. The van der Waals surface area contributed by atoms with E-state index >= 15 is 0 Å². The molecule has 2 amide bonds. The van der Waals surface area contributed by atoms with Crippen molar-refractivity contribution in [2.45, 2.75) is 102 Å². The molecular formula is C54H56Cl2N6O4. The SMILES string of the molecule is COc1cc(/C=C2\CC[C@@H]3CCC[C@@H](c4ccc(Cl)cc4)N3C2=O)ccc1-n1cnc(C)c1.COc1cc(/C=C2\CC[C@H]3CCC[C@H](c4ccc(Cl)cc4)N3C2=O)ccc1-n1cnc(C)c1. The second-order valence-electron chi connectivity index (χ2n) is 17.9. The molecule has 10 rings (SSSR count). The second kappa shape index (κ2) is 19.8. The number of hydrogen-bond acceptors (Lipinski definition) is 6. The smallest absolute Gasteiger partial charge is 0.250 e. The molecule has 0 N–H and O–H groups in total. The van der Waals surface area contributed by atoms with Gasteiger partial charge in [0.15, 0.2) is 0 Å². The summed E-state index contributed by atoms with van der Waals surface area (Å²) in [5.41, 5.74) is 9.73. The molecule has 0 spiro atoms. The van der Waals surface area contributed by atoms with E-state index in [2.05, 4.69) is 44.0 Å². The summed E-state index contributed by atoms with van der Waals surface area (Å²) in [6, 6.07) is 28.8. The number of aryl methyl sites for hydroxylation is 2. The number of benzene rings is 4. The Bertz CT molecular complexity index is 2590.